The van der Waals surface area contributed by atoms with Gasteiger partial charge in [-0.15, -0.1) is 0 Å². The van der Waals surface area contributed by atoms with Crippen molar-refractivity contribution in [2.45, 2.75) is 13.5 Å². The minimum Gasteiger partial charge on any atom is -0.383 e. The first-order valence-corrected chi connectivity index (χ1v) is 7.67. The Morgan fingerprint density at radius 1 is 1.21 bits per heavy atom. The molecule has 0 aliphatic rings. The van der Waals surface area contributed by atoms with Crippen LogP contribution < -0.4 is 16.8 Å². The van der Waals surface area contributed by atoms with E-state index in [1.165, 1.54) is 0 Å². The highest BCUT2D eigenvalue weighted by atomic mass is 35.5. The van der Waals surface area contributed by atoms with E-state index in [2.05, 4.69) is 15.3 Å². The van der Waals surface area contributed by atoms with Gasteiger partial charge in [0.05, 0.1) is 10.5 Å². The van der Waals surface area contributed by atoms with Crippen LogP contribution in [-0.2, 0) is 6.54 Å². The van der Waals surface area contributed by atoms with E-state index >= 15 is 0 Å². The van der Waals surface area contributed by atoms with Crippen LogP contribution in [0, 0.1) is 6.92 Å². The first-order valence-electron chi connectivity index (χ1n) is 7.29. The first-order chi connectivity index (χ1) is 11.5. The number of nitrogens with zero attached hydrogens (tertiary/aromatic N) is 2. The number of carbonyl (C=O) groups excluding carboxylic acids is 1. The average Bonchev–Trinajstić information content (AvgIpc) is 2.54. The second-order valence-corrected chi connectivity index (χ2v) is 5.83. The van der Waals surface area contributed by atoms with Gasteiger partial charge in [-0.3, -0.25) is 4.79 Å². The zero-order valence-corrected chi connectivity index (χ0v) is 13.8. The summed E-state index contributed by atoms with van der Waals surface area (Å²) in [6, 6.07) is 9.06. The van der Waals surface area contributed by atoms with E-state index in [0.717, 1.165) is 34.0 Å². The molecule has 24 heavy (non-hydrogen) atoms. The van der Waals surface area contributed by atoms with Crippen molar-refractivity contribution in [3.8, 4) is 0 Å². The fraction of sp³-hybridized carbons (Fsp3) is 0.118. The average molecular weight is 342 g/mol. The molecule has 0 bridgehead atoms. The summed E-state index contributed by atoms with van der Waals surface area (Å²) in [5.74, 6) is 0.527. The molecular weight excluding hydrogens is 326 g/mol. The molecule has 1 aromatic heterocycles. The molecule has 5 N–H and O–H groups in total. The van der Waals surface area contributed by atoms with Crippen LogP contribution >= 0.6 is 11.6 Å². The van der Waals surface area contributed by atoms with Gasteiger partial charge in [0, 0.05) is 23.2 Å². The number of rotatable bonds is 4. The summed E-state index contributed by atoms with van der Waals surface area (Å²) in [5, 5.41) is 4.51. The molecule has 122 valence electrons. The van der Waals surface area contributed by atoms with Crippen LogP contribution in [0.15, 0.2) is 30.3 Å². The normalized spacial score (nSPS) is 10.8. The van der Waals surface area contributed by atoms with Crippen molar-refractivity contribution in [3.63, 3.8) is 0 Å². The van der Waals surface area contributed by atoms with Gasteiger partial charge < -0.3 is 16.8 Å². The molecule has 0 aliphatic carbocycles. The summed E-state index contributed by atoms with van der Waals surface area (Å²) in [4.78, 5) is 19.2. The third-order valence-corrected chi connectivity index (χ3v) is 4.23. The Morgan fingerprint density at radius 3 is 2.75 bits per heavy atom. The van der Waals surface area contributed by atoms with Crippen molar-refractivity contribution in [3.05, 3.63) is 52.0 Å². The number of carbonyl (C=O) groups is 1. The largest absolute Gasteiger partial charge is 0.383 e. The van der Waals surface area contributed by atoms with E-state index in [0.29, 0.717) is 22.9 Å². The molecule has 3 aromatic rings. The predicted molar refractivity (Wildman–Crippen MR) is 97.3 cm³/mol. The molecule has 6 nitrogen and oxygen atoms in total. The molecule has 0 radical (unpaired) electrons. The number of nitrogen functional groups attached to an aromatic ring is 2. The molecule has 3 rings (SSSR count). The van der Waals surface area contributed by atoms with Crippen LogP contribution in [0.4, 0.5) is 17.5 Å². The summed E-state index contributed by atoms with van der Waals surface area (Å²) in [6.45, 7) is 2.53. The van der Waals surface area contributed by atoms with Crippen molar-refractivity contribution in [1.82, 2.24) is 9.97 Å². The van der Waals surface area contributed by atoms with Gasteiger partial charge >= 0.3 is 0 Å². The topological polar surface area (TPSA) is 107 Å². The van der Waals surface area contributed by atoms with E-state index in [1.54, 1.807) is 12.1 Å². The highest BCUT2D eigenvalue weighted by Crippen LogP contribution is 2.26. The quantitative estimate of drug-likeness (QED) is 0.629. The summed E-state index contributed by atoms with van der Waals surface area (Å²) in [6.07, 6.45) is 0.733. The fourth-order valence-electron chi connectivity index (χ4n) is 2.62. The van der Waals surface area contributed by atoms with Gasteiger partial charge in [0.2, 0.25) is 5.95 Å². The van der Waals surface area contributed by atoms with Gasteiger partial charge in [-0.2, -0.15) is 4.98 Å². The maximum atomic E-state index is 11.0. The number of aldehydes is 1. The number of fused-ring (bicyclic) bond motifs is 1. The number of hydrogen-bond donors (Lipinski definition) is 3. The van der Waals surface area contributed by atoms with Crippen LogP contribution in [-0.4, -0.2) is 16.3 Å². The third-order valence-electron chi connectivity index (χ3n) is 3.89. The lowest BCUT2D eigenvalue weighted by molar-refractivity contribution is 0.112. The van der Waals surface area contributed by atoms with Gasteiger partial charge in [0.15, 0.2) is 6.29 Å². The van der Waals surface area contributed by atoms with Gasteiger partial charge in [-0.25, -0.2) is 4.98 Å². The minimum absolute atomic E-state index is 0.160. The third kappa shape index (κ3) is 2.96. The molecule has 0 saturated heterocycles. The lowest BCUT2D eigenvalue weighted by Gasteiger charge is -2.13. The van der Waals surface area contributed by atoms with Gasteiger partial charge in [-0.1, -0.05) is 17.7 Å². The Balaban J connectivity index is 1.91. The second-order valence-electron chi connectivity index (χ2n) is 5.42. The maximum Gasteiger partial charge on any atom is 0.222 e. The molecule has 2 aromatic carbocycles. The predicted octanol–water partition coefficient (Wildman–Crippen LogP) is 3.18. The van der Waals surface area contributed by atoms with Crippen molar-refractivity contribution in [2.24, 2.45) is 0 Å². The molecule has 7 heteroatoms. The summed E-state index contributed by atoms with van der Waals surface area (Å²) >= 11 is 5.94. The minimum atomic E-state index is 0.160. The highest BCUT2D eigenvalue weighted by Gasteiger charge is 2.10. The van der Waals surface area contributed by atoms with Crippen LogP contribution in [0.5, 0.6) is 0 Å². The zero-order chi connectivity index (χ0) is 17.3. The lowest BCUT2D eigenvalue weighted by atomic mass is 10.0. The van der Waals surface area contributed by atoms with Gasteiger partial charge in [0.25, 0.3) is 0 Å². The van der Waals surface area contributed by atoms with Crippen LogP contribution in [0.25, 0.3) is 10.9 Å². The number of nitrogens with one attached hydrogen (secondary N) is 1. The first kappa shape index (κ1) is 16.0. The van der Waals surface area contributed by atoms with E-state index in [-0.39, 0.29) is 5.95 Å². The van der Waals surface area contributed by atoms with E-state index in [4.69, 9.17) is 23.1 Å². The van der Waals surface area contributed by atoms with Crippen molar-refractivity contribution in [2.75, 3.05) is 16.8 Å². The lowest BCUT2D eigenvalue weighted by Crippen LogP contribution is -2.05. The molecule has 0 unspecified atom stereocenters. The van der Waals surface area contributed by atoms with Crippen molar-refractivity contribution < 1.29 is 4.79 Å². The number of aromatic nitrogens is 2. The Hall–Kier alpha value is -2.86. The van der Waals surface area contributed by atoms with Crippen molar-refractivity contribution in [1.29, 1.82) is 0 Å². The summed E-state index contributed by atoms with van der Waals surface area (Å²) in [7, 11) is 0. The monoisotopic (exact) mass is 341 g/mol. The van der Waals surface area contributed by atoms with Crippen LogP contribution in [0.2, 0.25) is 5.02 Å². The van der Waals surface area contributed by atoms with E-state index in [9.17, 15) is 4.79 Å². The van der Waals surface area contributed by atoms with E-state index in [1.807, 2.05) is 25.1 Å². The van der Waals surface area contributed by atoms with Crippen molar-refractivity contribution >= 4 is 46.2 Å². The molecule has 1 heterocycles. The maximum absolute atomic E-state index is 11.0. The number of aryl methyl sites for hydroxylation is 1. The molecule has 0 saturated carbocycles. The Labute approximate surface area is 143 Å². The summed E-state index contributed by atoms with van der Waals surface area (Å²) in [5.41, 5.74) is 15.6. The molecule has 0 fully saturated rings. The van der Waals surface area contributed by atoms with Crippen LogP contribution in [0.3, 0.4) is 0 Å². The van der Waals surface area contributed by atoms with Crippen LogP contribution in [0.1, 0.15) is 21.5 Å². The molecule has 0 aliphatic heterocycles. The van der Waals surface area contributed by atoms with Gasteiger partial charge in [-0.05, 0) is 42.3 Å². The molecule has 0 atom stereocenters. The smallest absolute Gasteiger partial charge is 0.222 e. The zero-order valence-electron chi connectivity index (χ0n) is 13.0. The Morgan fingerprint density at radius 2 is 2.00 bits per heavy atom. The number of anilines is 3. The van der Waals surface area contributed by atoms with Gasteiger partial charge in [0.1, 0.15) is 5.82 Å². The number of hydrogen-bond acceptors (Lipinski definition) is 6. The Kier molecular flexibility index (Phi) is 4.22. The number of nitrogens with two attached hydrogens (primary N) is 2. The SMILES string of the molecule is Cc1c(CNc2ccc(Cl)c(C=O)c2)ccc2nc(N)nc(N)c12. The fourth-order valence-corrected chi connectivity index (χ4v) is 2.78. The summed E-state index contributed by atoms with van der Waals surface area (Å²) < 4.78 is 0. The molecule has 0 spiro atoms. The van der Waals surface area contributed by atoms with E-state index < -0.39 is 0 Å². The molecular formula is C17H16ClN5O. The Bertz CT molecular complexity index is 942. The molecule has 0 amide bonds. The second kappa shape index (κ2) is 6.33. The number of halogens is 1. The standard InChI is InChI=1S/C17H16ClN5O/c1-9-10(2-5-14-15(9)16(19)23-17(20)22-14)7-21-12-3-4-13(18)11(6-12)8-24/h2-6,8,21H,7H2,1H3,(H4,19,20,22,23). The number of benzene rings is 2. The highest BCUT2D eigenvalue weighted by molar-refractivity contribution is 6.33.